The molecule has 0 spiro atoms. The molecule has 0 saturated carbocycles. The average molecular weight is 192 g/mol. The second-order valence-electron chi connectivity index (χ2n) is 3.10. The molecule has 0 heterocycles. The van der Waals surface area contributed by atoms with Gasteiger partial charge in [0.15, 0.2) is 5.78 Å². The largest absolute Gasteiger partial charge is 0.465 e. The van der Waals surface area contributed by atoms with Gasteiger partial charge in [-0.25, -0.2) is 4.79 Å². The van der Waals surface area contributed by atoms with Gasteiger partial charge in [0.25, 0.3) is 0 Å². The van der Waals surface area contributed by atoms with Gasteiger partial charge in [0.1, 0.15) is 0 Å². The third-order valence-electron chi connectivity index (χ3n) is 1.96. The summed E-state index contributed by atoms with van der Waals surface area (Å²) in [6, 6.07) is 5.07. The highest BCUT2D eigenvalue weighted by Gasteiger charge is 2.14. The van der Waals surface area contributed by atoms with E-state index >= 15 is 0 Å². The molecule has 0 aromatic heterocycles. The number of esters is 1. The van der Waals surface area contributed by atoms with Gasteiger partial charge in [-0.15, -0.1) is 0 Å². The Morgan fingerprint density at radius 2 is 1.86 bits per heavy atom. The molecule has 1 rings (SSSR count). The summed E-state index contributed by atoms with van der Waals surface area (Å²) in [6.07, 6.45) is 0. The van der Waals surface area contributed by atoms with Crippen molar-refractivity contribution in [2.75, 3.05) is 7.11 Å². The van der Waals surface area contributed by atoms with Gasteiger partial charge in [0.05, 0.1) is 12.7 Å². The maximum Gasteiger partial charge on any atom is 0.338 e. The molecule has 1 aromatic carbocycles. The van der Waals surface area contributed by atoms with Crippen molar-refractivity contribution in [3.8, 4) is 0 Å². The highest BCUT2D eigenvalue weighted by atomic mass is 16.5. The van der Waals surface area contributed by atoms with Crippen LogP contribution in [0.3, 0.4) is 0 Å². The molecule has 0 atom stereocenters. The number of rotatable bonds is 2. The van der Waals surface area contributed by atoms with Crippen LogP contribution in [0.1, 0.15) is 33.2 Å². The first-order chi connectivity index (χ1) is 6.56. The summed E-state index contributed by atoms with van der Waals surface area (Å²) >= 11 is 0. The van der Waals surface area contributed by atoms with Gasteiger partial charge in [-0.1, -0.05) is 11.6 Å². The fraction of sp³-hybridized carbons (Fsp3) is 0.273. The van der Waals surface area contributed by atoms with Gasteiger partial charge in [0, 0.05) is 5.56 Å². The standard InChI is InChI=1S/C11H12O3/c1-7-4-5-9(11(13)14-3)10(6-7)8(2)12/h4-6H,1-3H3. The predicted molar refractivity (Wildman–Crippen MR) is 52.5 cm³/mol. The summed E-state index contributed by atoms with van der Waals surface area (Å²) in [7, 11) is 1.30. The third-order valence-corrected chi connectivity index (χ3v) is 1.96. The summed E-state index contributed by atoms with van der Waals surface area (Å²) in [5.41, 5.74) is 1.69. The number of hydrogen-bond donors (Lipinski definition) is 0. The lowest BCUT2D eigenvalue weighted by atomic mass is 10.0. The van der Waals surface area contributed by atoms with Crippen LogP contribution in [0, 0.1) is 6.92 Å². The van der Waals surface area contributed by atoms with Crippen molar-refractivity contribution < 1.29 is 14.3 Å². The minimum atomic E-state index is -0.477. The second kappa shape index (κ2) is 4.05. The van der Waals surface area contributed by atoms with Gasteiger partial charge < -0.3 is 4.74 Å². The van der Waals surface area contributed by atoms with Crippen molar-refractivity contribution in [2.45, 2.75) is 13.8 Å². The number of carbonyl (C=O) groups is 2. The Labute approximate surface area is 82.7 Å². The van der Waals surface area contributed by atoms with E-state index in [0.717, 1.165) is 5.56 Å². The number of methoxy groups -OCH3 is 1. The summed E-state index contributed by atoms with van der Waals surface area (Å²) in [4.78, 5) is 22.5. The second-order valence-corrected chi connectivity index (χ2v) is 3.10. The highest BCUT2D eigenvalue weighted by molar-refractivity contribution is 6.05. The van der Waals surface area contributed by atoms with E-state index in [-0.39, 0.29) is 5.78 Å². The SMILES string of the molecule is COC(=O)c1ccc(C)cc1C(C)=O. The molecule has 0 aliphatic heterocycles. The molecule has 0 fully saturated rings. The fourth-order valence-corrected chi connectivity index (χ4v) is 1.24. The minimum Gasteiger partial charge on any atom is -0.465 e. The number of carbonyl (C=O) groups excluding carboxylic acids is 2. The van der Waals surface area contributed by atoms with Gasteiger partial charge in [0.2, 0.25) is 0 Å². The molecule has 0 amide bonds. The highest BCUT2D eigenvalue weighted by Crippen LogP contribution is 2.13. The number of benzene rings is 1. The van der Waals surface area contributed by atoms with Crippen LogP contribution in [0.15, 0.2) is 18.2 Å². The number of aryl methyl sites for hydroxylation is 1. The Morgan fingerprint density at radius 1 is 1.21 bits per heavy atom. The number of hydrogen-bond acceptors (Lipinski definition) is 3. The smallest absolute Gasteiger partial charge is 0.338 e. The molecule has 3 heteroatoms. The first-order valence-corrected chi connectivity index (χ1v) is 4.26. The van der Waals surface area contributed by atoms with Crippen molar-refractivity contribution in [1.29, 1.82) is 0 Å². The quantitative estimate of drug-likeness (QED) is 0.531. The Hall–Kier alpha value is -1.64. The van der Waals surface area contributed by atoms with Crippen LogP contribution < -0.4 is 0 Å². The van der Waals surface area contributed by atoms with E-state index < -0.39 is 5.97 Å². The van der Waals surface area contributed by atoms with E-state index in [2.05, 4.69) is 4.74 Å². The Balaban J connectivity index is 3.28. The van der Waals surface area contributed by atoms with Crippen molar-refractivity contribution in [3.63, 3.8) is 0 Å². The van der Waals surface area contributed by atoms with Crippen molar-refractivity contribution in [3.05, 3.63) is 34.9 Å². The van der Waals surface area contributed by atoms with Crippen LogP contribution in [0.2, 0.25) is 0 Å². The Kier molecular flexibility index (Phi) is 3.02. The molecule has 14 heavy (non-hydrogen) atoms. The molecule has 0 bridgehead atoms. The summed E-state index contributed by atoms with van der Waals surface area (Å²) in [6.45, 7) is 3.30. The molecule has 0 N–H and O–H groups in total. The van der Waals surface area contributed by atoms with E-state index in [4.69, 9.17) is 0 Å². The van der Waals surface area contributed by atoms with E-state index in [1.165, 1.54) is 14.0 Å². The molecular weight excluding hydrogens is 180 g/mol. The molecule has 0 aliphatic rings. The van der Waals surface area contributed by atoms with Gasteiger partial charge in [-0.05, 0) is 26.0 Å². The Morgan fingerprint density at radius 3 is 2.36 bits per heavy atom. The first kappa shape index (κ1) is 10.4. The average Bonchev–Trinajstić information content (AvgIpc) is 2.16. The monoisotopic (exact) mass is 192 g/mol. The molecule has 74 valence electrons. The lowest BCUT2D eigenvalue weighted by molar-refractivity contribution is 0.0597. The van der Waals surface area contributed by atoms with E-state index in [0.29, 0.717) is 11.1 Å². The van der Waals surface area contributed by atoms with Crippen molar-refractivity contribution in [1.82, 2.24) is 0 Å². The van der Waals surface area contributed by atoms with Gasteiger partial charge >= 0.3 is 5.97 Å². The minimum absolute atomic E-state index is 0.130. The molecule has 0 radical (unpaired) electrons. The molecule has 1 aromatic rings. The van der Waals surface area contributed by atoms with Crippen LogP contribution in [0.5, 0.6) is 0 Å². The maximum absolute atomic E-state index is 11.3. The molecule has 0 unspecified atom stereocenters. The van der Waals surface area contributed by atoms with Crippen LogP contribution >= 0.6 is 0 Å². The molecule has 0 aliphatic carbocycles. The van der Waals surface area contributed by atoms with Crippen molar-refractivity contribution in [2.24, 2.45) is 0 Å². The number of Topliss-reactive ketones (excluding diaryl/α,β-unsaturated/α-hetero) is 1. The fourth-order valence-electron chi connectivity index (χ4n) is 1.24. The summed E-state index contributed by atoms with van der Waals surface area (Å²) < 4.78 is 4.58. The third kappa shape index (κ3) is 1.99. The number of ketones is 1. The molecular formula is C11H12O3. The zero-order chi connectivity index (χ0) is 10.7. The van der Waals surface area contributed by atoms with E-state index in [1.54, 1.807) is 18.2 Å². The summed E-state index contributed by atoms with van der Waals surface area (Å²) in [5, 5.41) is 0. The van der Waals surface area contributed by atoms with Crippen LogP contribution in [-0.4, -0.2) is 18.9 Å². The van der Waals surface area contributed by atoms with E-state index in [9.17, 15) is 9.59 Å². The maximum atomic E-state index is 11.3. The lowest BCUT2D eigenvalue weighted by Crippen LogP contribution is -2.08. The number of ether oxygens (including phenoxy) is 1. The van der Waals surface area contributed by atoms with Gasteiger partial charge in [-0.3, -0.25) is 4.79 Å². The zero-order valence-corrected chi connectivity index (χ0v) is 8.46. The van der Waals surface area contributed by atoms with Crippen LogP contribution in [0.4, 0.5) is 0 Å². The molecule has 3 nitrogen and oxygen atoms in total. The van der Waals surface area contributed by atoms with Crippen LogP contribution in [0.25, 0.3) is 0 Å². The first-order valence-electron chi connectivity index (χ1n) is 4.26. The normalized spacial score (nSPS) is 9.64. The predicted octanol–water partition coefficient (Wildman–Crippen LogP) is 1.98. The lowest BCUT2D eigenvalue weighted by Gasteiger charge is -2.05. The van der Waals surface area contributed by atoms with Gasteiger partial charge in [-0.2, -0.15) is 0 Å². The summed E-state index contributed by atoms with van der Waals surface area (Å²) in [5.74, 6) is -0.607. The molecule has 0 saturated heterocycles. The van der Waals surface area contributed by atoms with E-state index in [1.807, 2.05) is 6.92 Å². The topological polar surface area (TPSA) is 43.4 Å². The van der Waals surface area contributed by atoms with Crippen molar-refractivity contribution >= 4 is 11.8 Å². The Bertz CT molecular complexity index is 380. The van der Waals surface area contributed by atoms with Crippen LogP contribution in [-0.2, 0) is 4.74 Å². The zero-order valence-electron chi connectivity index (χ0n) is 8.46.